The number of piperidine rings is 1. The number of nitrogens with zero attached hydrogens (tertiary/aromatic N) is 2. The van der Waals surface area contributed by atoms with Crippen LogP contribution in [0.5, 0.6) is 0 Å². The molecule has 0 aromatic heterocycles. The van der Waals surface area contributed by atoms with Crippen LogP contribution in [0.3, 0.4) is 0 Å². The van der Waals surface area contributed by atoms with Gasteiger partial charge in [-0.15, -0.1) is 0 Å². The fourth-order valence-electron chi connectivity index (χ4n) is 3.57. The molecule has 0 bridgehead atoms. The van der Waals surface area contributed by atoms with Crippen molar-refractivity contribution in [2.45, 2.75) is 50.7 Å². The molecule has 0 saturated carbocycles. The van der Waals surface area contributed by atoms with Crippen LogP contribution in [0.1, 0.15) is 38.5 Å². The van der Waals surface area contributed by atoms with Crippen LogP contribution in [0.4, 0.5) is 4.79 Å². The molecule has 0 unspecified atom stereocenters. The smallest absolute Gasteiger partial charge is 0.317 e. The minimum Gasteiger partial charge on any atom is -0.376 e. The molecule has 118 valence electrons. The minimum absolute atomic E-state index is 0.0122. The van der Waals surface area contributed by atoms with Gasteiger partial charge in [0.1, 0.15) is 0 Å². The average molecular weight is 295 g/mol. The summed E-state index contributed by atoms with van der Waals surface area (Å²) in [5.41, 5.74) is 0. The van der Waals surface area contributed by atoms with Crippen LogP contribution >= 0.6 is 0 Å². The lowest BCUT2D eigenvalue weighted by atomic mass is 10.0. The lowest BCUT2D eigenvalue weighted by Gasteiger charge is -2.37. The Balaban J connectivity index is 1.48. The second-order valence-corrected chi connectivity index (χ2v) is 6.25. The van der Waals surface area contributed by atoms with Crippen LogP contribution < -0.4 is 5.32 Å². The van der Waals surface area contributed by atoms with E-state index in [1.165, 1.54) is 0 Å². The number of likely N-dealkylation sites (tertiary alicyclic amines) is 2. The highest BCUT2D eigenvalue weighted by Crippen LogP contribution is 2.21. The molecular formula is C15H25N3O3. The largest absolute Gasteiger partial charge is 0.376 e. The van der Waals surface area contributed by atoms with Crippen molar-refractivity contribution in [1.29, 1.82) is 0 Å². The Kier molecular flexibility index (Phi) is 4.63. The highest BCUT2D eigenvalue weighted by molar-refractivity contribution is 5.79. The molecule has 0 spiro atoms. The van der Waals surface area contributed by atoms with Gasteiger partial charge in [0.25, 0.3) is 0 Å². The summed E-state index contributed by atoms with van der Waals surface area (Å²) in [5, 5.41) is 2.98. The number of ether oxygens (including phenoxy) is 1. The van der Waals surface area contributed by atoms with Crippen LogP contribution in [-0.2, 0) is 9.53 Å². The molecule has 6 heteroatoms. The first kappa shape index (κ1) is 14.6. The molecule has 3 heterocycles. The van der Waals surface area contributed by atoms with Crippen LogP contribution in [0.2, 0.25) is 0 Å². The van der Waals surface area contributed by atoms with Gasteiger partial charge in [-0.1, -0.05) is 0 Å². The van der Waals surface area contributed by atoms with Gasteiger partial charge in [0.2, 0.25) is 5.91 Å². The zero-order valence-electron chi connectivity index (χ0n) is 12.6. The van der Waals surface area contributed by atoms with Gasteiger partial charge >= 0.3 is 6.03 Å². The quantitative estimate of drug-likeness (QED) is 0.843. The van der Waals surface area contributed by atoms with Crippen molar-refractivity contribution in [3.05, 3.63) is 0 Å². The monoisotopic (exact) mass is 295 g/mol. The second-order valence-electron chi connectivity index (χ2n) is 6.25. The molecule has 3 aliphatic rings. The van der Waals surface area contributed by atoms with E-state index < -0.39 is 0 Å². The fraction of sp³-hybridized carbons (Fsp3) is 0.867. The molecule has 2 atom stereocenters. The van der Waals surface area contributed by atoms with Crippen molar-refractivity contribution in [2.24, 2.45) is 0 Å². The summed E-state index contributed by atoms with van der Waals surface area (Å²) in [4.78, 5) is 27.9. The van der Waals surface area contributed by atoms with Crippen LogP contribution in [-0.4, -0.2) is 66.7 Å². The van der Waals surface area contributed by atoms with Gasteiger partial charge < -0.3 is 19.9 Å². The highest BCUT2D eigenvalue weighted by atomic mass is 16.5. The fourth-order valence-corrected chi connectivity index (χ4v) is 3.57. The molecule has 21 heavy (non-hydrogen) atoms. The Bertz CT molecular complexity index is 396. The molecule has 0 aromatic carbocycles. The maximum atomic E-state index is 12.3. The predicted molar refractivity (Wildman–Crippen MR) is 77.9 cm³/mol. The summed E-state index contributed by atoms with van der Waals surface area (Å²) >= 11 is 0. The lowest BCUT2D eigenvalue weighted by Crippen LogP contribution is -2.53. The van der Waals surface area contributed by atoms with Gasteiger partial charge in [-0.05, 0) is 32.1 Å². The predicted octanol–water partition coefficient (Wildman–Crippen LogP) is 0.962. The normalized spacial score (nSPS) is 30.0. The molecule has 3 rings (SSSR count). The van der Waals surface area contributed by atoms with E-state index in [1.54, 1.807) is 0 Å². The molecule has 3 saturated heterocycles. The van der Waals surface area contributed by atoms with E-state index in [0.717, 1.165) is 51.8 Å². The summed E-state index contributed by atoms with van der Waals surface area (Å²) in [6.45, 7) is 3.72. The molecule has 3 fully saturated rings. The van der Waals surface area contributed by atoms with Crippen LogP contribution in [0.15, 0.2) is 0 Å². The van der Waals surface area contributed by atoms with Gasteiger partial charge in [-0.3, -0.25) is 4.79 Å². The van der Waals surface area contributed by atoms with E-state index in [-0.39, 0.29) is 24.1 Å². The molecular weight excluding hydrogens is 270 g/mol. The number of urea groups is 1. The van der Waals surface area contributed by atoms with Crippen molar-refractivity contribution in [3.8, 4) is 0 Å². The molecule has 3 amide bonds. The summed E-state index contributed by atoms with van der Waals surface area (Å²) in [6, 6.07) is 0.198. The SMILES string of the molecule is O=C(NC[C@H]1CCCO1)N1CCC[C@@H](N2CCCC2=O)C1. The summed E-state index contributed by atoms with van der Waals surface area (Å²) in [5.74, 6) is 0.251. The van der Waals surface area contributed by atoms with E-state index in [0.29, 0.717) is 19.5 Å². The van der Waals surface area contributed by atoms with Crippen molar-refractivity contribution < 1.29 is 14.3 Å². The zero-order valence-corrected chi connectivity index (χ0v) is 12.6. The van der Waals surface area contributed by atoms with Crippen LogP contribution in [0.25, 0.3) is 0 Å². The first-order chi connectivity index (χ1) is 10.2. The van der Waals surface area contributed by atoms with Gasteiger partial charge in [-0.25, -0.2) is 4.79 Å². The third-order valence-electron chi connectivity index (χ3n) is 4.74. The molecule has 0 aliphatic carbocycles. The van der Waals surface area contributed by atoms with Crippen molar-refractivity contribution in [3.63, 3.8) is 0 Å². The number of hydrogen-bond acceptors (Lipinski definition) is 3. The van der Waals surface area contributed by atoms with E-state index >= 15 is 0 Å². The number of carbonyl (C=O) groups excluding carboxylic acids is 2. The lowest BCUT2D eigenvalue weighted by molar-refractivity contribution is -0.130. The number of carbonyl (C=O) groups is 2. The summed E-state index contributed by atoms with van der Waals surface area (Å²) < 4.78 is 5.52. The first-order valence-corrected chi connectivity index (χ1v) is 8.18. The van der Waals surface area contributed by atoms with Gasteiger partial charge in [-0.2, -0.15) is 0 Å². The number of rotatable bonds is 3. The van der Waals surface area contributed by atoms with E-state index in [9.17, 15) is 9.59 Å². The Morgan fingerprint density at radius 2 is 2.14 bits per heavy atom. The van der Waals surface area contributed by atoms with Gasteiger partial charge in [0.15, 0.2) is 0 Å². The van der Waals surface area contributed by atoms with Crippen LogP contribution in [0, 0.1) is 0 Å². The Morgan fingerprint density at radius 3 is 2.86 bits per heavy atom. The number of nitrogens with one attached hydrogen (secondary N) is 1. The Hall–Kier alpha value is -1.30. The Morgan fingerprint density at radius 1 is 1.24 bits per heavy atom. The second kappa shape index (κ2) is 6.64. The molecule has 1 N–H and O–H groups in total. The maximum Gasteiger partial charge on any atom is 0.317 e. The van der Waals surface area contributed by atoms with Crippen molar-refractivity contribution in [2.75, 3.05) is 32.8 Å². The molecule has 0 aromatic rings. The first-order valence-electron chi connectivity index (χ1n) is 8.18. The zero-order chi connectivity index (χ0) is 14.7. The summed E-state index contributed by atoms with van der Waals surface area (Å²) in [7, 11) is 0. The van der Waals surface area contributed by atoms with Crippen molar-refractivity contribution in [1.82, 2.24) is 15.1 Å². The number of amides is 3. The Labute approximate surface area is 125 Å². The van der Waals surface area contributed by atoms with Crippen molar-refractivity contribution >= 4 is 11.9 Å². The molecule has 6 nitrogen and oxygen atoms in total. The highest BCUT2D eigenvalue weighted by Gasteiger charge is 2.32. The third-order valence-corrected chi connectivity index (χ3v) is 4.74. The average Bonchev–Trinajstić information content (AvgIpc) is 3.16. The minimum atomic E-state index is -0.0122. The summed E-state index contributed by atoms with van der Waals surface area (Å²) in [6.07, 6.45) is 5.91. The van der Waals surface area contributed by atoms with Gasteiger partial charge in [0.05, 0.1) is 6.10 Å². The third kappa shape index (κ3) is 3.48. The number of hydrogen-bond donors (Lipinski definition) is 1. The topological polar surface area (TPSA) is 61.9 Å². The standard InChI is InChI=1S/C15H25N3O3/c19-14-6-2-8-18(14)12-4-1-7-17(11-12)15(20)16-10-13-5-3-9-21-13/h12-13H,1-11H2,(H,16,20)/t12-,13-/m1/s1. The van der Waals surface area contributed by atoms with E-state index in [2.05, 4.69) is 5.32 Å². The van der Waals surface area contributed by atoms with E-state index in [1.807, 2.05) is 9.80 Å². The van der Waals surface area contributed by atoms with Gasteiger partial charge in [0, 0.05) is 45.2 Å². The van der Waals surface area contributed by atoms with E-state index in [4.69, 9.17) is 4.74 Å². The molecule has 3 aliphatic heterocycles. The maximum absolute atomic E-state index is 12.3. The molecule has 0 radical (unpaired) electrons.